The number of fused-ring (bicyclic) bond motifs is 1. The number of hydrogen-bond donors (Lipinski definition) is 3. The van der Waals surface area contributed by atoms with Crippen LogP contribution in [0.25, 0.3) is 10.9 Å². The van der Waals surface area contributed by atoms with Crippen molar-refractivity contribution in [2.24, 2.45) is 4.99 Å². The first-order valence-electron chi connectivity index (χ1n) is 10.7. The molecule has 1 aliphatic heterocycles. The summed E-state index contributed by atoms with van der Waals surface area (Å²) in [6.45, 7) is 7.22. The van der Waals surface area contributed by atoms with Crippen molar-refractivity contribution >= 4 is 22.8 Å². The van der Waals surface area contributed by atoms with Gasteiger partial charge < -0.3 is 20.5 Å². The van der Waals surface area contributed by atoms with E-state index in [4.69, 9.17) is 0 Å². The fraction of sp³-hybridized carbons (Fsp3) is 0.545. The predicted molar refractivity (Wildman–Crippen MR) is 116 cm³/mol. The van der Waals surface area contributed by atoms with Gasteiger partial charge in [-0.15, -0.1) is 0 Å². The zero-order chi connectivity index (χ0) is 20.6. The molecule has 3 N–H and O–H groups in total. The van der Waals surface area contributed by atoms with Crippen molar-refractivity contribution in [3.8, 4) is 0 Å². The number of aromatic amines is 1. The minimum absolute atomic E-state index is 0.219. The second-order valence-electron chi connectivity index (χ2n) is 7.48. The molecule has 2 heterocycles. The molecule has 158 valence electrons. The molecule has 29 heavy (non-hydrogen) atoms. The van der Waals surface area contributed by atoms with E-state index in [1.807, 2.05) is 18.0 Å². The van der Waals surface area contributed by atoms with Crippen molar-refractivity contribution in [2.45, 2.75) is 52.0 Å². The largest absolute Gasteiger partial charge is 0.361 e. The average Bonchev–Trinajstić information content (AvgIpc) is 3.31. The minimum atomic E-state index is -0.219. The predicted octanol–water partition coefficient (Wildman–Crippen LogP) is 3.20. The van der Waals surface area contributed by atoms with Gasteiger partial charge in [-0.3, -0.25) is 9.79 Å². The third kappa shape index (κ3) is 5.49. The molecule has 1 fully saturated rings. The van der Waals surface area contributed by atoms with E-state index >= 15 is 0 Å². The van der Waals surface area contributed by atoms with E-state index in [1.165, 1.54) is 6.07 Å². The zero-order valence-electron chi connectivity index (χ0n) is 17.4. The molecule has 0 radical (unpaired) electrons. The number of aromatic nitrogens is 1. The maximum absolute atomic E-state index is 13.5. The lowest BCUT2D eigenvalue weighted by Gasteiger charge is -2.26. The lowest BCUT2D eigenvalue weighted by Crippen LogP contribution is -2.39. The zero-order valence-corrected chi connectivity index (χ0v) is 17.4. The number of likely N-dealkylation sites (tertiary alicyclic amines) is 1. The molecule has 0 bridgehead atoms. The van der Waals surface area contributed by atoms with E-state index < -0.39 is 0 Å². The van der Waals surface area contributed by atoms with Gasteiger partial charge in [0.2, 0.25) is 5.91 Å². The molecule has 1 atom stereocenters. The maximum atomic E-state index is 13.5. The van der Waals surface area contributed by atoms with Crippen LogP contribution in [0.2, 0.25) is 0 Å². The van der Waals surface area contributed by atoms with Crippen molar-refractivity contribution in [1.82, 2.24) is 20.5 Å². The fourth-order valence-electron chi connectivity index (χ4n) is 3.98. The second kappa shape index (κ2) is 10.3. The molecule has 2 aromatic rings. The number of aliphatic imine (C=N–C) groups is 1. The highest BCUT2D eigenvalue weighted by molar-refractivity contribution is 5.83. The third-order valence-corrected chi connectivity index (χ3v) is 5.51. The maximum Gasteiger partial charge on any atom is 0.222 e. The van der Waals surface area contributed by atoms with Gasteiger partial charge in [0.25, 0.3) is 0 Å². The Morgan fingerprint density at radius 1 is 1.34 bits per heavy atom. The number of nitrogens with one attached hydrogen (secondary N) is 3. The van der Waals surface area contributed by atoms with E-state index in [2.05, 4.69) is 27.5 Å². The standard InChI is InChI=1S/C22H32FN5O/c1-3-18(28-13-5-6-21(28)29)10-12-26-22(24-4-2)25-11-9-16-15-27-20-8-7-17(23)14-19(16)20/h7-8,14-15,18,27H,3-6,9-13H2,1-2H3,(H2,24,25,26). The molecular weight excluding hydrogens is 369 g/mol. The Bertz CT molecular complexity index is 847. The molecule has 0 aliphatic carbocycles. The summed E-state index contributed by atoms with van der Waals surface area (Å²) in [5.41, 5.74) is 2.03. The molecule has 7 heteroatoms. The van der Waals surface area contributed by atoms with Crippen LogP contribution in [0, 0.1) is 5.82 Å². The fourth-order valence-corrected chi connectivity index (χ4v) is 3.98. The van der Waals surface area contributed by atoms with E-state index in [1.54, 1.807) is 12.1 Å². The van der Waals surface area contributed by atoms with Crippen LogP contribution < -0.4 is 10.6 Å². The van der Waals surface area contributed by atoms with Gasteiger partial charge in [-0.25, -0.2) is 4.39 Å². The summed E-state index contributed by atoms with van der Waals surface area (Å²) in [6, 6.07) is 5.08. The number of halogens is 1. The number of rotatable bonds is 9. The minimum Gasteiger partial charge on any atom is -0.361 e. The SMILES string of the molecule is CCNC(=NCCC(CC)N1CCCC1=O)NCCc1c[nH]c2ccc(F)cc12. The van der Waals surface area contributed by atoms with Crippen LogP contribution >= 0.6 is 0 Å². The van der Waals surface area contributed by atoms with Gasteiger partial charge in [0.15, 0.2) is 5.96 Å². The summed E-state index contributed by atoms with van der Waals surface area (Å²) in [7, 11) is 0. The monoisotopic (exact) mass is 401 g/mol. The van der Waals surface area contributed by atoms with E-state index in [0.717, 1.165) is 61.2 Å². The number of benzene rings is 1. The average molecular weight is 402 g/mol. The highest BCUT2D eigenvalue weighted by atomic mass is 19.1. The van der Waals surface area contributed by atoms with Gasteiger partial charge >= 0.3 is 0 Å². The summed E-state index contributed by atoms with van der Waals surface area (Å²) in [4.78, 5) is 21.9. The Labute approximate surface area is 172 Å². The summed E-state index contributed by atoms with van der Waals surface area (Å²) in [6.07, 6.45) is 6.20. The van der Waals surface area contributed by atoms with E-state index in [9.17, 15) is 9.18 Å². The summed E-state index contributed by atoms with van der Waals surface area (Å²) in [5.74, 6) is 0.838. The molecule has 1 unspecified atom stereocenters. The van der Waals surface area contributed by atoms with Crippen molar-refractivity contribution in [1.29, 1.82) is 0 Å². The van der Waals surface area contributed by atoms with Crippen LogP contribution in [0.15, 0.2) is 29.4 Å². The first-order chi connectivity index (χ1) is 14.1. The number of carbonyl (C=O) groups is 1. The van der Waals surface area contributed by atoms with Crippen LogP contribution in [0.4, 0.5) is 4.39 Å². The lowest BCUT2D eigenvalue weighted by molar-refractivity contribution is -0.129. The summed E-state index contributed by atoms with van der Waals surface area (Å²) in [5, 5.41) is 7.55. The van der Waals surface area contributed by atoms with Crippen molar-refractivity contribution < 1.29 is 9.18 Å². The van der Waals surface area contributed by atoms with E-state index in [-0.39, 0.29) is 17.8 Å². The Balaban J connectivity index is 1.52. The van der Waals surface area contributed by atoms with Crippen molar-refractivity contribution in [3.63, 3.8) is 0 Å². The van der Waals surface area contributed by atoms with Gasteiger partial charge in [0, 0.05) is 55.7 Å². The highest BCUT2D eigenvalue weighted by Gasteiger charge is 2.26. The first-order valence-corrected chi connectivity index (χ1v) is 10.7. The van der Waals surface area contributed by atoms with Gasteiger partial charge in [-0.2, -0.15) is 0 Å². The number of guanidine groups is 1. The number of H-pyrrole nitrogens is 1. The van der Waals surface area contributed by atoms with Gasteiger partial charge in [0.1, 0.15) is 5.82 Å². The first kappa shape index (κ1) is 21.1. The third-order valence-electron chi connectivity index (χ3n) is 5.51. The molecule has 1 amide bonds. The van der Waals surface area contributed by atoms with Crippen LogP contribution in [-0.2, 0) is 11.2 Å². The molecular formula is C22H32FN5O. The molecule has 1 aromatic carbocycles. The van der Waals surface area contributed by atoms with Gasteiger partial charge in [-0.05, 0) is 56.4 Å². The van der Waals surface area contributed by atoms with Crippen molar-refractivity contribution in [3.05, 3.63) is 35.8 Å². The lowest BCUT2D eigenvalue weighted by atomic mass is 10.1. The molecule has 0 spiro atoms. The number of carbonyl (C=O) groups excluding carboxylic acids is 1. The van der Waals surface area contributed by atoms with Crippen LogP contribution in [0.1, 0.15) is 45.1 Å². The van der Waals surface area contributed by atoms with Gasteiger partial charge in [0.05, 0.1) is 0 Å². The molecule has 0 saturated carbocycles. The highest BCUT2D eigenvalue weighted by Crippen LogP contribution is 2.20. The number of hydrogen-bond acceptors (Lipinski definition) is 2. The Morgan fingerprint density at radius 2 is 2.21 bits per heavy atom. The Kier molecular flexibility index (Phi) is 7.49. The molecule has 1 aromatic heterocycles. The van der Waals surface area contributed by atoms with Crippen LogP contribution in [0.5, 0.6) is 0 Å². The molecule has 3 rings (SSSR count). The smallest absolute Gasteiger partial charge is 0.222 e. The topological polar surface area (TPSA) is 72.5 Å². The van der Waals surface area contributed by atoms with Gasteiger partial charge in [-0.1, -0.05) is 6.92 Å². The van der Waals surface area contributed by atoms with Crippen LogP contribution in [-0.4, -0.2) is 54.0 Å². The number of amides is 1. The quantitative estimate of drug-likeness (QED) is 0.446. The number of nitrogens with zero attached hydrogens (tertiary/aromatic N) is 2. The molecule has 6 nitrogen and oxygen atoms in total. The van der Waals surface area contributed by atoms with Crippen LogP contribution in [0.3, 0.4) is 0 Å². The summed E-state index contributed by atoms with van der Waals surface area (Å²) < 4.78 is 13.5. The Hall–Kier alpha value is -2.57. The van der Waals surface area contributed by atoms with Crippen molar-refractivity contribution in [2.75, 3.05) is 26.2 Å². The molecule has 1 saturated heterocycles. The molecule has 1 aliphatic rings. The summed E-state index contributed by atoms with van der Waals surface area (Å²) >= 11 is 0. The Morgan fingerprint density at radius 3 is 2.93 bits per heavy atom. The second-order valence-corrected chi connectivity index (χ2v) is 7.48. The normalized spacial score (nSPS) is 15.9. The van der Waals surface area contributed by atoms with E-state index in [0.29, 0.717) is 19.5 Å².